The largest absolute Gasteiger partial charge is 0.377 e. The molecule has 0 bridgehead atoms. The van der Waals surface area contributed by atoms with Crippen molar-refractivity contribution in [3.8, 4) is 0 Å². The molecule has 1 rings (SSSR count). The van der Waals surface area contributed by atoms with E-state index in [2.05, 4.69) is 18.9 Å². The van der Waals surface area contributed by atoms with E-state index < -0.39 is 0 Å². The predicted octanol–water partition coefficient (Wildman–Crippen LogP) is 1.74. The zero-order valence-corrected chi connectivity index (χ0v) is 11.4. The van der Waals surface area contributed by atoms with Gasteiger partial charge in [0.2, 0.25) is 0 Å². The van der Waals surface area contributed by atoms with Crippen LogP contribution in [0.25, 0.3) is 0 Å². The van der Waals surface area contributed by atoms with E-state index in [0.717, 1.165) is 19.4 Å². The van der Waals surface area contributed by atoms with Crippen LogP contribution < -0.4 is 5.73 Å². The summed E-state index contributed by atoms with van der Waals surface area (Å²) in [5.41, 5.74) is 7.44. The molecule has 98 valence electrons. The van der Waals surface area contributed by atoms with Crippen LogP contribution in [0.3, 0.4) is 0 Å². The van der Waals surface area contributed by atoms with Crippen molar-refractivity contribution >= 4 is 0 Å². The van der Waals surface area contributed by atoms with E-state index in [1.165, 1.54) is 5.69 Å². The monoisotopic (exact) mass is 239 g/mol. The highest BCUT2D eigenvalue weighted by Crippen LogP contribution is 2.14. The summed E-state index contributed by atoms with van der Waals surface area (Å²) < 4.78 is 7.62. The average Bonchev–Trinajstić information content (AvgIpc) is 2.68. The van der Waals surface area contributed by atoms with Gasteiger partial charge in [0.1, 0.15) is 0 Å². The van der Waals surface area contributed by atoms with E-state index >= 15 is 0 Å². The SMILES string of the molecule is CCOC(C(C)C)C(N)CCc1ccnn1C. The first-order valence-corrected chi connectivity index (χ1v) is 6.40. The third-order valence-corrected chi connectivity index (χ3v) is 3.09. The van der Waals surface area contributed by atoms with Crippen LogP contribution in [-0.4, -0.2) is 28.5 Å². The number of rotatable bonds is 7. The topological polar surface area (TPSA) is 53.1 Å². The highest BCUT2D eigenvalue weighted by atomic mass is 16.5. The van der Waals surface area contributed by atoms with Crippen molar-refractivity contribution in [1.82, 2.24) is 9.78 Å². The molecule has 2 N–H and O–H groups in total. The van der Waals surface area contributed by atoms with E-state index in [-0.39, 0.29) is 12.1 Å². The molecule has 0 amide bonds. The van der Waals surface area contributed by atoms with Gasteiger partial charge in [0, 0.05) is 31.6 Å². The molecule has 4 nitrogen and oxygen atoms in total. The van der Waals surface area contributed by atoms with Gasteiger partial charge in [-0.05, 0) is 31.7 Å². The van der Waals surface area contributed by atoms with Crippen LogP contribution in [0.15, 0.2) is 12.3 Å². The van der Waals surface area contributed by atoms with E-state index in [1.807, 2.05) is 30.9 Å². The Labute approximate surface area is 104 Å². The normalized spacial score (nSPS) is 15.2. The van der Waals surface area contributed by atoms with Gasteiger partial charge in [-0.1, -0.05) is 13.8 Å². The van der Waals surface area contributed by atoms with Gasteiger partial charge >= 0.3 is 0 Å². The summed E-state index contributed by atoms with van der Waals surface area (Å²) >= 11 is 0. The van der Waals surface area contributed by atoms with E-state index in [1.54, 1.807) is 0 Å². The van der Waals surface area contributed by atoms with Gasteiger partial charge in [-0.3, -0.25) is 4.68 Å². The lowest BCUT2D eigenvalue weighted by Gasteiger charge is -2.27. The maximum Gasteiger partial charge on any atom is 0.0748 e. The third-order valence-electron chi connectivity index (χ3n) is 3.09. The summed E-state index contributed by atoms with van der Waals surface area (Å²) in [6, 6.07) is 2.13. The number of hydrogen-bond donors (Lipinski definition) is 1. The number of nitrogens with two attached hydrogens (primary N) is 1. The lowest BCUT2D eigenvalue weighted by atomic mass is 9.96. The van der Waals surface area contributed by atoms with Gasteiger partial charge in [0.05, 0.1) is 6.10 Å². The molecule has 0 aliphatic carbocycles. The highest BCUT2D eigenvalue weighted by Gasteiger charge is 2.21. The standard InChI is InChI=1S/C13H25N3O/c1-5-17-13(10(2)3)12(14)7-6-11-8-9-15-16(11)4/h8-10,12-13H,5-7,14H2,1-4H3. The minimum Gasteiger partial charge on any atom is -0.377 e. The number of aromatic nitrogens is 2. The molecule has 0 fully saturated rings. The molecule has 1 aromatic rings. The summed E-state index contributed by atoms with van der Waals surface area (Å²) in [7, 11) is 1.96. The van der Waals surface area contributed by atoms with E-state index in [9.17, 15) is 0 Å². The first-order valence-electron chi connectivity index (χ1n) is 6.40. The number of hydrogen-bond acceptors (Lipinski definition) is 3. The van der Waals surface area contributed by atoms with Gasteiger partial charge in [0.15, 0.2) is 0 Å². The second-order valence-electron chi connectivity index (χ2n) is 4.81. The Morgan fingerprint density at radius 3 is 2.65 bits per heavy atom. The van der Waals surface area contributed by atoms with Crippen molar-refractivity contribution in [3.05, 3.63) is 18.0 Å². The molecule has 0 saturated heterocycles. The van der Waals surface area contributed by atoms with Crippen molar-refractivity contribution in [2.24, 2.45) is 18.7 Å². The Morgan fingerprint density at radius 2 is 2.18 bits per heavy atom. The van der Waals surface area contributed by atoms with Gasteiger partial charge in [0.25, 0.3) is 0 Å². The number of aryl methyl sites for hydroxylation is 2. The molecule has 0 aliphatic rings. The zero-order valence-electron chi connectivity index (χ0n) is 11.4. The first-order chi connectivity index (χ1) is 8.06. The molecule has 0 radical (unpaired) electrons. The van der Waals surface area contributed by atoms with Crippen LogP contribution in [0.1, 0.15) is 32.9 Å². The summed E-state index contributed by atoms with van der Waals surface area (Å²) in [4.78, 5) is 0. The summed E-state index contributed by atoms with van der Waals surface area (Å²) in [5, 5.41) is 4.16. The molecule has 1 heterocycles. The minimum atomic E-state index is 0.0878. The first kappa shape index (κ1) is 14.2. The smallest absolute Gasteiger partial charge is 0.0748 e. The third kappa shape index (κ3) is 4.13. The van der Waals surface area contributed by atoms with Gasteiger partial charge in [-0.2, -0.15) is 5.10 Å². The van der Waals surface area contributed by atoms with Crippen LogP contribution in [0, 0.1) is 5.92 Å². The van der Waals surface area contributed by atoms with Crippen LogP contribution in [0.5, 0.6) is 0 Å². The lowest BCUT2D eigenvalue weighted by molar-refractivity contribution is 0.0109. The second-order valence-corrected chi connectivity index (χ2v) is 4.81. The van der Waals surface area contributed by atoms with E-state index in [4.69, 9.17) is 10.5 Å². The van der Waals surface area contributed by atoms with Crippen molar-refractivity contribution in [1.29, 1.82) is 0 Å². The fourth-order valence-electron chi connectivity index (χ4n) is 2.13. The fraction of sp³-hybridized carbons (Fsp3) is 0.769. The van der Waals surface area contributed by atoms with Crippen molar-refractivity contribution in [2.45, 2.75) is 45.8 Å². The van der Waals surface area contributed by atoms with E-state index in [0.29, 0.717) is 5.92 Å². The molecule has 2 unspecified atom stereocenters. The van der Waals surface area contributed by atoms with Crippen LogP contribution in [-0.2, 0) is 18.2 Å². The molecule has 17 heavy (non-hydrogen) atoms. The fourth-order valence-corrected chi connectivity index (χ4v) is 2.13. The van der Waals surface area contributed by atoms with Crippen LogP contribution in [0.2, 0.25) is 0 Å². The maximum atomic E-state index is 6.22. The van der Waals surface area contributed by atoms with Crippen molar-refractivity contribution in [3.63, 3.8) is 0 Å². The predicted molar refractivity (Wildman–Crippen MR) is 69.8 cm³/mol. The Morgan fingerprint density at radius 1 is 1.47 bits per heavy atom. The second kappa shape index (κ2) is 6.77. The van der Waals surface area contributed by atoms with Crippen molar-refractivity contribution < 1.29 is 4.74 Å². The average molecular weight is 239 g/mol. The lowest BCUT2D eigenvalue weighted by Crippen LogP contribution is -2.40. The minimum absolute atomic E-state index is 0.0878. The molecular weight excluding hydrogens is 214 g/mol. The maximum absolute atomic E-state index is 6.22. The van der Waals surface area contributed by atoms with Crippen LogP contribution >= 0.6 is 0 Å². The number of nitrogens with zero attached hydrogens (tertiary/aromatic N) is 2. The molecule has 4 heteroatoms. The van der Waals surface area contributed by atoms with Crippen LogP contribution in [0.4, 0.5) is 0 Å². The Kier molecular flexibility index (Phi) is 5.65. The van der Waals surface area contributed by atoms with Gasteiger partial charge in [-0.25, -0.2) is 0 Å². The highest BCUT2D eigenvalue weighted by molar-refractivity contribution is 5.00. The molecule has 0 aliphatic heterocycles. The van der Waals surface area contributed by atoms with Gasteiger partial charge in [-0.15, -0.1) is 0 Å². The van der Waals surface area contributed by atoms with Gasteiger partial charge < -0.3 is 10.5 Å². The molecular formula is C13H25N3O. The Balaban J connectivity index is 2.47. The molecule has 2 atom stereocenters. The Bertz CT molecular complexity index is 322. The van der Waals surface area contributed by atoms with Crippen molar-refractivity contribution in [2.75, 3.05) is 6.61 Å². The quantitative estimate of drug-likeness (QED) is 0.788. The molecule has 0 aromatic carbocycles. The molecule has 1 aromatic heterocycles. The number of ether oxygens (including phenoxy) is 1. The Hall–Kier alpha value is -0.870. The molecule has 0 saturated carbocycles. The summed E-state index contributed by atoms with van der Waals surface area (Å²) in [6.45, 7) is 7.06. The summed E-state index contributed by atoms with van der Waals surface area (Å²) in [6.07, 6.45) is 3.85. The summed E-state index contributed by atoms with van der Waals surface area (Å²) in [5.74, 6) is 0.455. The molecule has 0 spiro atoms. The zero-order chi connectivity index (χ0) is 12.8.